The number of aromatic nitrogens is 1. The van der Waals surface area contributed by atoms with Crippen molar-refractivity contribution in [2.45, 2.75) is 25.7 Å². The van der Waals surface area contributed by atoms with E-state index in [4.69, 9.17) is 5.26 Å². The molecule has 1 N–H and O–H groups in total. The van der Waals surface area contributed by atoms with Crippen molar-refractivity contribution >= 4 is 11.8 Å². The van der Waals surface area contributed by atoms with Crippen molar-refractivity contribution in [3.63, 3.8) is 0 Å². The Morgan fingerprint density at radius 2 is 1.86 bits per heavy atom. The lowest BCUT2D eigenvalue weighted by Crippen LogP contribution is -2.41. The number of aromatic amines is 1. The number of rotatable bonds is 2. The van der Waals surface area contributed by atoms with Crippen molar-refractivity contribution in [3.05, 3.63) is 23.5 Å². The zero-order chi connectivity index (χ0) is 15.5. The van der Waals surface area contributed by atoms with E-state index in [1.54, 1.807) is 11.0 Å². The van der Waals surface area contributed by atoms with E-state index in [0.717, 1.165) is 32.2 Å². The van der Waals surface area contributed by atoms with Crippen LogP contribution in [-0.2, 0) is 4.79 Å². The summed E-state index contributed by atoms with van der Waals surface area (Å²) in [5.41, 5.74) is 0.898. The highest BCUT2D eigenvalue weighted by atomic mass is 16.2. The quantitative estimate of drug-likeness (QED) is 0.895. The van der Waals surface area contributed by atoms with Gasteiger partial charge in [0.05, 0.1) is 5.56 Å². The summed E-state index contributed by atoms with van der Waals surface area (Å²) in [5, 5.41) is 8.83. The minimum Gasteiger partial charge on any atom is -0.356 e. The van der Waals surface area contributed by atoms with E-state index in [2.05, 4.69) is 4.98 Å². The maximum Gasteiger partial charge on any atom is 0.270 e. The molecule has 0 bridgehead atoms. The Morgan fingerprint density at radius 1 is 1.14 bits per heavy atom. The van der Waals surface area contributed by atoms with Gasteiger partial charge in [-0.3, -0.25) is 9.59 Å². The van der Waals surface area contributed by atoms with Crippen LogP contribution in [0.15, 0.2) is 12.3 Å². The van der Waals surface area contributed by atoms with E-state index >= 15 is 0 Å². The summed E-state index contributed by atoms with van der Waals surface area (Å²) in [6, 6.07) is 3.58. The highest BCUT2D eigenvalue weighted by Gasteiger charge is 2.31. The number of H-pyrrole nitrogens is 1. The molecule has 1 saturated heterocycles. The van der Waals surface area contributed by atoms with Crippen LogP contribution in [-0.4, -0.2) is 52.8 Å². The van der Waals surface area contributed by atoms with Crippen LogP contribution < -0.4 is 0 Å². The molecule has 0 aromatic carbocycles. The maximum atomic E-state index is 12.4. The summed E-state index contributed by atoms with van der Waals surface area (Å²) < 4.78 is 0. The first-order valence-electron chi connectivity index (χ1n) is 7.85. The van der Waals surface area contributed by atoms with Crippen molar-refractivity contribution in [2.75, 3.05) is 26.2 Å². The van der Waals surface area contributed by atoms with Crippen LogP contribution in [0.3, 0.4) is 0 Å². The summed E-state index contributed by atoms with van der Waals surface area (Å²) in [6.45, 7) is 2.53. The fourth-order valence-corrected chi connectivity index (χ4v) is 3.01. The Kier molecular flexibility index (Phi) is 4.14. The van der Waals surface area contributed by atoms with Crippen molar-refractivity contribution in [1.82, 2.24) is 14.8 Å². The van der Waals surface area contributed by atoms with E-state index in [1.807, 2.05) is 11.0 Å². The molecule has 2 aliphatic rings. The second kappa shape index (κ2) is 6.22. The van der Waals surface area contributed by atoms with Crippen LogP contribution in [0, 0.1) is 17.2 Å². The molecule has 116 valence electrons. The molecule has 1 aliphatic heterocycles. The Bertz CT molecular complexity index is 612. The van der Waals surface area contributed by atoms with E-state index in [1.165, 1.54) is 6.20 Å². The predicted molar refractivity (Wildman–Crippen MR) is 79.9 cm³/mol. The maximum absolute atomic E-state index is 12.4. The van der Waals surface area contributed by atoms with Gasteiger partial charge in [0, 0.05) is 38.3 Å². The average Bonchev–Trinajstić information content (AvgIpc) is 2.81. The smallest absolute Gasteiger partial charge is 0.270 e. The molecule has 22 heavy (non-hydrogen) atoms. The van der Waals surface area contributed by atoms with E-state index in [9.17, 15) is 9.59 Å². The fraction of sp³-hybridized carbons (Fsp3) is 0.562. The molecule has 6 heteroatoms. The van der Waals surface area contributed by atoms with Crippen LogP contribution in [0.25, 0.3) is 0 Å². The third-order valence-electron chi connectivity index (χ3n) is 4.59. The molecule has 0 spiro atoms. The number of nitriles is 1. The Morgan fingerprint density at radius 3 is 2.50 bits per heavy atom. The van der Waals surface area contributed by atoms with Gasteiger partial charge < -0.3 is 14.8 Å². The Balaban J connectivity index is 1.61. The number of carbonyl (C=O) groups is 2. The van der Waals surface area contributed by atoms with Gasteiger partial charge in [0.15, 0.2) is 0 Å². The molecule has 0 atom stereocenters. The molecule has 0 unspecified atom stereocenters. The number of nitrogens with zero attached hydrogens (tertiary/aromatic N) is 3. The summed E-state index contributed by atoms with van der Waals surface area (Å²) in [4.78, 5) is 31.3. The van der Waals surface area contributed by atoms with E-state index in [-0.39, 0.29) is 17.7 Å². The van der Waals surface area contributed by atoms with Crippen molar-refractivity contribution in [3.8, 4) is 6.07 Å². The van der Waals surface area contributed by atoms with Crippen molar-refractivity contribution in [1.29, 1.82) is 5.26 Å². The minimum atomic E-state index is -0.0977. The molecule has 6 nitrogen and oxygen atoms in total. The first-order valence-corrected chi connectivity index (χ1v) is 7.85. The molecule has 1 aromatic heterocycles. The largest absolute Gasteiger partial charge is 0.356 e. The molecule has 2 fully saturated rings. The minimum absolute atomic E-state index is 0.0977. The number of hydrogen-bond donors (Lipinski definition) is 1. The fourth-order valence-electron chi connectivity index (χ4n) is 3.01. The van der Waals surface area contributed by atoms with Gasteiger partial charge in [-0.2, -0.15) is 5.26 Å². The molecule has 0 radical (unpaired) electrons. The molecular formula is C16H20N4O2. The SMILES string of the molecule is N#Cc1c[nH]c(C(=O)N2CCCN(C(=O)C3CCC3)CC2)c1. The molecule has 2 amide bonds. The number of amides is 2. The third-order valence-corrected chi connectivity index (χ3v) is 4.59. The monoisotopic (exact) mass is 300 g/mol. The Labute approximate surface area is 129 Å². The molecule has 3 rings (SSSR count). The second-order valence-corrected chi connectivity index (χ2v) is 6.01. The molecule has 1 aliphatic carbocycles. The second-order valence-electron chi connectivity index (χ2n) is 6.01. The van der Waals surface area contributed by atoms with Gasteiger partial charge in [0.1, 0.15) is 11.8 Å². The zero-order valence-electron chi connectivity index (χ0n) is 12.5. The lowest BCUT2D eigenvalue weighted by molar-refractivity contribution is -0.138. The van der Waals surface area contributed by atoms with Gasteiger partial charge in [0.2, 0.25) is 5.91 Å². The van der Waals surface area contributed by atoms with Crippen molar-refractivity contribution in [2.24, 2.45) is 5.92 Å². The van der Waals surface area contributed by atoms with Crippen LogP contribution in [0.2, 0.25) is 0 Å². The first kappa shape index (κ1) is 14.6. The van der Waals surface area contributed by atoms with Crippen LogP contribution in [0.4, 0.5) is 0 Å². The van der Waals surface area contributed by atoms with Gasteiger partial charge in [-0.25, -0.2) is 0 Å². The molecule has 1 aromatic rings. The van der Waals surface area contributed by atoms with Crippen LogP contribution in [0.5, 0.6) is 0 Å². The normalized spacial score (nSPS) is 19.2. The van der Waals surface area contributed by atoms with Gasteiger partial charge in [0.25, 0.3) is 5.91 Å². The van der Waals surface area contributed by atoms with Gasteiger partial charge in [-0.1, -0.05) is 6.42 Å². The van der Waals surface area contributed by atoms with E-state index < -0.39 is 0 Å². The number of hydrogen-bond acceptors (Lipinski definition) is 3. The predicted octanol–water partition coefficient (Wildman–Crippen LogP) is 1.36. The van der Waals surface area contributed by atoms with Crippen LogP contribution >= 0.6 is 0 Å². The number of carbonyl (C=O) groups excluding carboxylic acids is 2. The third kappa shape index (κ3) is 2.84. The molecular weight excluding hydrogens is 280 g/mol. The van der Waals surface area contributed by atoms with Crippen LogP contribution in [0.1, 0.15) is 41.7 Å². The Hall–Kier alpha value is -2.29. The number of nitrogens with one attached hydrogen (secondary N) is 1. The standard InChI is InChI=1S/C16H20N4O2/c17-10-12-9-14(18-11-12)16(22)20-6-2-5-19(7-8-20)15(21)13-3-1-4-13/h9,11,13,18H,1-8H2. The average molecular weight is 300 g/mol. The molecule has 2 heterocycles. The summed E-state index contributed by atoms with van der Waals surface area (Å²) >= 11 is 0. The van der Waals surface area contributed by atoms with E-state index in [0.29, 0.717) is 30.9 Å². The van der Waals surface area contributed by atoms with Gasteiger partial charge in [-0.15, -0.1) is 0 Å². The highest BCUT2D eigenvalue weighted by molar-refractivity contribution is 5.93. The topological polar surface area (TPSA) is 80.2 Å². The summed E-state index contributed by atoms with van der Waals surface area (Å²) in [5.74, 6) is 0.371. The zero-order valence-corrected chi connectivity index (χ0v) is 12.5. The summed E-state index contributed by atoms with van der Waals surface area (Å²) in [6.07, 6.45) is 5.52. The summed E-state index contributed by atoms with van der Waals surface area (Å²) in [7, 11) is 0. The first-order chi connectivity index (χ1) is 10.7. The van der Waals surface area contributed by atoms with Gasteiger partial charge >= 0.3 is 0 Å². The van der Waals surface area contributed by atoms with Gasteiger partial charge in [-0.05, 0) is 25.3 Å². The van der Waals surface area contributed by atoms with Crippen molar-refractivity contribution < 1.29 is 9.59 Å². The lowest BCUT2D eigenvalue weighted by Gasteiger charge is -2.30. The molecule has 1 saturated carbocycles. The highest BCUT2D eigenvalue weighted by Crippen LogP contribution is 2.28. The lowest BCUT2D eigenvalue weighted by atomic mass is 9.84.